The molecule has 0 radical (unpaired) electrons. The molecular weight excluding hydrogens is 307 g/mol. The van der Waals surface area contributed by atoms with Gasteiger partial charge in [0, 0.05) is 11.6 Å². The summed E-state index contributed by atoms with van der Waals surface area (Å²) in [5, 5.41) is 13.2. The number of nitrogens with zero attached hydrogens (tertiary/aromatic N) is 1. The Bertz CT molecular complexity index is 849. The molecule has 0 aliphatic heterocycles. The first-order valence-electron chi connectivity index (χ1n) is 7.66. The summed E-state index contributed by atoms with van der Waals surface area (Å²) in [6, 6.07) is 14.9. The van der Waals surface area contributed by atoms with Crippen molar-refractivity contribution >= 4 is 16.8 Å². The topological polar surface area (TPSA) is 62.2 Å². The number of rotatable bonds is 5. The van der Waals surface area contributed by atoms with Gasteiger partial charge >= 0.3 is 0 Å². The summed E-state index contributed by atoms with van der Waals surface area (Å²) in [6.07, 6.45) is 1.94. The van der Waals surface area contributed by atoms with Crippen molar-refractivity contribution in [2.45, 2.75) is 12.5 Å². The van der Waals surface area contributed by atoms with Gasteiger partial charge in [-0.1, -0.05) is 30.3 Å². The van der Waals surface area contributed by atoms with Crippen LogP contribution in [0.25, 0.3) is 10.9 Å². The fourth-order valence-electron chi connectivity index (χ4n) is 2.53. The lowest BCUT2D eigenvalue weighted by atomic mass is 10.1. The van der Waals surface area contributed by atoms with E-state index < -0.39 is 6.04 Å². The van der Waals surface area contributed by atoms with E-state index in [4.69, 9.17) is 0 Å². The Morgan fingerprint density at radius 2 is 1.92 bits per heavy atom. The number of halogens is 1. The van der Waals surface area contributed by atoms with E-state index in [1.54, 1.807) is 18.2 Å². The Morgan fingerprint density at radius 3 is 2.67 bits per heavy atom. The molecule has 122 valence electrons. The number of aliphatic hydroxyl groups excluding tert-OH is 1. The maximum atomic E-state index is 12.9. The van der Waals surface area contributed by atoms with Gasteiger partial charge in [-0.2, -0.15) is 0 Å². The zero-order valence-corrected chi connectivity index (χ0v) is 12.9. The van der Waals surface area contributed by atoms with E-state index >= 15 is 0 Å². The van der Waals surface area contributed by atoms with Crippen LogP contribution in [0.3, 0.4) is 0 Å². The molecule has 2 N–H and O–H groups in total. The number of aromatic nitrogens is 1. The Labute approximate surface area is 139 Å². The van der Waals surface area contributed by atoms with Crippen LogP contribution in [0.2, 0.25) is 0 Å². The summed E-state index contributed by atoms with van der Waals surface area (Å²) in [5.41, 5.74) is 2.10. The number of fused-ring (bicyclic) bond motifs is 1. The highest BCUT2D eigenvalue weighted by Crippen LogP contribution is 2.13. The second-order valence-corrected chi connectivity index (χ2v) is 5.60. The van der Waals surface area contributed by atoms with E-state index in [1.807, 2.05) is 24.3 Å². The number of benzene rings is 2. The van der Waals surface area contributed by atoms with Crippen LogP contribution in [0.15, 0.2) is 60.8 Å². The van der Waals surface area contributed by atoms with E-state index in [2.05, 4.69) is 10.3 Å². The molecule has 1 unspecified atom stereocenters. The predicted octanol–water partition coefficient (Wildman–Crippen LogP) is 2.71. The summed E-state index contributed by atoms with van der Waals surface area (Å²) < 4.78 is 12.9. The number of carbonyl (C=O) groups is 1. The predicted molar refractivity (Wildman–Crippen MR) is 90.2 cm³/mol. The van der Waals surface area contributed by atoms with Crippen LogP contribution in [-0.4, -0.2) is 28.6 Å². The largest absolute Gasteiger partial charge is 0.394 e. The second kappa shape index (κ2) is 7.19. The van der Waals surface area contributed by atoms with Gasteiger partial charge in [0.1, 0.15) is 5.82 Å². The SMILES string of the molecule is O=C(NC(CO)Cc1ccc(F)cc1)c1cnc2ccccc2c1. The Hall–Kier alpha value is -2.79. The fraction of sp³-hybridized carbons (Fsp3) is 0.158. The van der Waals surface area contributed by atoms with Gasteiger partial charge in [-0.15, -0.1) is 0 Å². The minimum atomic E-state index is -0.450. The molecule has 0 spiro atoms. The molecule has 0 fully saturated rings. The average Bonchev–Trinajstić information content (AvgIpc) is 2.62. The normalized spacial score (nSPS) is 12.1. The van der Waals surface area contributed by atoms with Crippen molar-refractivity contribution in [3.63, 3.8) is 0 Å². The summed E-state index contributed by atoms with van der Waals surface area (Å²) in [6.45, 7) is -0.204. The number of aliphatic hydroxyl groups is 1. The minimum Gasteiger partial charge on any atom is -0.394 e. The summed E-state index contributed by atoms with van der Waals surface area (Å²) >= 11 is 0. The van der Waals surface area contributed by atoms with Crippen molar-refractivity contribution in [3.05, 3.63) is 77.7 Å². The van der Waals surface area contributed by atoms with Crippen molar-refractivity contribution in [3.8, 4) is 0 Å². The average molecular weight is 324 g/mol. The first-order valence-corrected chi connectivity index (χ1v) is 7.66. The number of hydrogen-bond donors (Lipinski definition) is 2. The Morgan fingerprint density at radius 1 is 1.17 bits per heavy atom. The van der Waals surface area contributed by atoms with Gasteiger partial charge in [-0.05, 0) is 36.2 Å². The van der Waals surface area contributed by atoms with Crippen molar-refractivity contribution in [1.29, 1.82) is 0 Å². The van der Waals surface area contributed by atoms with Gasteiger partial charge in [-0.25, -0.2) is 4.39 Å². The number of hydrogen-bond acceptors (Lipinski definition) is 3. The molecular formula is C19H17FN2O2. The third-order valence-electron chi connectivity index (χ3n) is 3.80. The molecule has 5 heteroatoms. The highest BCUT2D eigenvalue weighted by atomic mass is 19.1. The number of nitrogens with one attached hydrogen (secondary N) is 1. The smallest absolute Gasteiger partial charge is 0.253 e. The molecule has 0 saturated carbocycles. The highest BCUT2D eigenvalue weighted by Gasteiger charge is 2.14. The molecule has 0 aliphatic rings. The molecule has 3 rings (SSSR count). The molecule has 2 aromatic carbocycles. The summed E-state index contributed by atoms with van der Waals surface area (Å²) in [4.78, 5) is 16.6. The van der Waals surface area contributed by atoms with E-state index in [9.17, 15) is 14.3 Å². The quantitative estimate of drug-likeness (QED) is 0.758. The fourth-order valence-corrected chi connectivity index (χ4v) is 2.53. The molecule has 4 nitrogen and oxygen atoms in total. The molecule has 24 heavy (non-hydrogen) atoms. The van der Waals surface area contributed by atoms with Crippen LogP contribution in [0.5, 0.6) is 0 Å². The Kier molecular flexibility index (Phi) is 4.82. The number of pyridine rings is 1. The van der Waals surface area contributed by atoms with E-state index in [-0.39, 0.29) is 18.3 Å². The molecule has 1 aromatic heterocycles. The number of para-hydroxylation sites is 1. The molecule has 3 aromatic rings. The van der Waals surface area contributed by atoms with Crippen LogP contribution >= 0.6 is 0 Å². The maximum absolute atomic E-state index is 12.9. The number of carbonyl (C=O) groups excluding carboxylic acids is 1. The van der Waals surface area contributed by atoms with Gasteiger partial charge < -0.3 is 10.4 Å². The van der Waals surface area contributed by atoms with Crippen LogP contribution in [-0.2, 0) is 6.42 Å². The number of amides is 1. The van der Waals surface area contributed by atoms with Crippen LogP contribution in [0.4, 0.5) is 4.39 Å². The van der Waals surface area contributed by atoms with Gasteiger partial charge in [0.25, 0.3) is 5.91 Å². The lowest BCUT2D eigenvalue weighted by molar-refractivity contribution is 0.0916. The zero-order valence-electron chi connectivity index (χ0n) is 12.9. The van der Waals surface area contributed by atoms with E-state index in [0.29, 0.717) is 12.0 Å². The maximum Gasteiger partial charge on any atom is 0.253 e. The van der Waals surface area contributed by atoms with Crippen molar-refractivity contribution in [2.75, 3.05) is 6.61 Å². The van der Waals surface area contributed by atoms with Crippen LogP contribution < -0.4 is 5.32 Å². The Balaban J connectivity index is 1.72. The third kappa shape index (κ3) is 3.75. The molecule has 1 atom stereocenters. The molecule has 1 amide bonds. The van der Waals surface area contributed by atoms with Crippen LogP contribution in [0, 0.1) is 5.82 Å². The standard InChI is InChI=1S/C19H17FN2O2/c20-16-7-5-13(6-8-16)9-17(12-23)22-19(24)15-10-14-3-1-2-4-18(14)21-11-15/h1-8,10-11,17,23H,9,12H2,(H,22,24). The summed E-state index contributed by atoms with van der Waals surface area (Å²) in [5.74, 6) is -0.611. The van der Waals surface area contributed by atoms with Crippen molar-refractivity contribution in [2.24, 2.45) is 0 Å². The minimum absolute atomic E-state index is 0.204. The second-order valence-electron chi connectivity index (χ2n) is 5.60. The van der Waals surface area contributed by atoms with E-state index in [1.165, 1.54) is 18.3 Å². The molecule has 0 aliphatic carbocycles. The monoisotopic (exact) mass is 324 g/mol. The highest BCUT2D eigenvalue weighted by molar-refractivity contribution is 5.97. The van der Waals surface area contributed by atoms with Gasteiger partial charge in [0.15, 0.2) is 0 Å². The van der Waals surface area contributed by atoms with Gasteiger partial charge in [0.05, 0.1) is 23.7 Å². The van der Waals surface area contributed by atoms with Crippen molar-refractivity contribution < 1.29 is 14.3 Å². The first kappa shape index (κ1) is 16.1. The lowest BCUT2D eigenvalue weighted by Crippen LogP contribution is -2.39. The summed E-state index contributed by atoms with van der Waals surface area (Å²) in [7, 11) is 0. The van der Waals surface area contributed by atoms with Crippen molar-refractivity contribution in [1.82, 2.24) is 10.3 Å². The molecule has 0 bridgehead atoms. The lowest BCUT2D eigenvalue weighted by Gasteiger charge is -2.16. The van der Waals surface area contributed by atoms with Crippen LogP contribution in [0.1, 0.15) is 15.9 Å². The molecule has 0 saturated heterocycles. The van der Waals surface area contributed by atoms with E-state index in [0.717, 1.165) is 16.5 Å². The molecule has 1 heterocycles. The third-order valence-corrected chi connectivity index (χ3v) is 3.80. The first-order chi connectivity index (χ1) is 11.7. The van der Waals surface area contributed by atoms with Gasteiger partial charge in [-0.3, -0.25) is 9.78 Å². The zero-order chi connectivity index (χ0) is 16.9. The van der Waals surface area contributed by atoms with Gasteiger partial charge in [0.2, 0.25) is 0 Å².